The fourth-order valence-corrected chi connectivity index (χ4v) is 4.40. The van der Waals surface area contributed by atoms with Crippen molar-refractivity contribution in [2.24, 2.45) is 0 Å². The van der Waals surface area contributed by atoms with Gasteiger partial charge in [0, 0.05) is 17.8 Å². The van der Waals surface area contributed by atoms with Gasteiger partial charge < -0.3 is 10.2 Å². The van der Waals surface area contributed by atoms with Crippen LogP contribution in [0, 0.1) is 11.7 Å². The fraction of sp³-hybridized carbons (Fsp3) is 0.160. The van der Waals surface area contributed by atoms with Crippen LogP contribution in [0.25, 0.3) is 11.4 Å². The summed E-state index contributed by atoms with van der Waals surface area (Å²) in [7, 11) is 0. The van der Waals surface area contributed by atoms with Gasteiger partial charge in [-0.2, -0.15) is 5.10 Å². The van der Waals surface area contributed by atoms with Crippen LogP contribution in [-0.2, 0) is 17.8 Å². The molecule has 1 aromatic heterocycles. The molecule has 1 aliphatic rings. The van der Waals surface area contributed by atoms with Gasteiger partial charge in [-0.15, -0.1) is 0 Å². The summed E-state index contributed by atoms with van der Waals surface area (Å²) in [5.74, 6) is 0.493. The molecule has 1 amide bonds. The summed E-state index contributed by atoms with van der Waals surface area (Å²) in [5, 5.41) is 10.3. The molecule has 160 valence electrons. The Morgan fingerprint density at radius 1 is 1.06 bits per heavy atom. The molecule has 5 rings (SSSR count). The molecular weight excluding hydrogens is 418 g/mol. The lowest BCUT2D eigenvalue weighted by Gasteiger charge is -2.23. The number of rotatable bonds is 5. The van der Waals surface area contributed by atoms with Gasteiger partial charge in [-0.25, -0.2) is 0 Å². The molecule has 0 radical (unpaired) electrons. The highest BCUT2D eigenvalue weighted by Crippen LogP contribution is 2.38. The van der Waals surface area contributed by atoms with E-state index in [9.17, 15) is 4.79 Å². The number of fused-ring (bicyclic) bond motifs is 1. The Hall–Kier alpha value is -3.71. The molecular formula is C25H23N5OS. The summed E-state index contributed by atoms with van der Waals surface area (Å²) in [6.45, 7) is 2.98. The number of nitrogens with zero attached hydrogens (tertiary/aromatic N) is 3. The van der Waals surface area contributed by atoms with Gasteiger partial charge in [-0.3, -0.25) is 14.5 Å². The first-order valence-electron chi connectivity index (χ1n) is 10.6. The Labute approximate surface area is 191 Å². The van der Waals surface area contributed by atoms with Gasteiger partial charge in [0.05, 0.1) is 11.4 Å². The largest absolute Gasteiger partial charge is 0.339 e. The Kier molecular flexibility index (Phi) is 5.33. The highest BCUT2D eigenvalue weighted by molar-refractivity contribution is 7.71. The van der Waals surface area contributed by atoms with Crippen LogP contribution >= 0.6 is 12.2 Å². The van der Waals surface area contributed by atoms with Crippen LogP contribution in [-0.4, -0.2) is 27.2 Å². The van der Waals surface area contributed by atoms with E-state index in [4.69, 9.17) is 12.2 Å². The third kappa shape index (κ3) is 3.83. The smallest absolute Gasteiger partial charge is 0.244 e. The maximum absolute atomic E-state index is 13.1. The number of nitrogens with one attached hydrogen (secondary N) is 2. The number of anilines is 3. The van der Waals surface area contributed by atoms with E-state index in [0.717, 1.165) is 35.5 Å². The lowest BCUT2D eigenvalue weighted by Crippen LogP contribution is -2.22. The van der Waals surface area contributed by atoms with Crippen LogP contribution in [0.3, 0.4) is 0 Å². The summed E-state index contributed by atoms with van der Waals surface area (Å²) in [6, 6.07) is 24.3. The molecule has 2 heterocycles. The second-order valence-electron chi connectivity index (χ2n) is 7.90. The number of aromatic nitrogens is 3. The Bertz CT molecular complexity index is 1360. The van der Waals surface area contributed by atoms with Gasteiger partial charge in [0.1, 0.15) is 6.54 Å². The SMILES string of the molecule is Cc1cccc(-c2n[nH]c(=S)n2CC(=O)Nc2ccccc2N2CCc3ccccc32)c1. The van der Waals surface area contributed by atoms with E-state index in [1.54, 1.807) is 4.57 Å². The molecule has 3 aromatic carbocycles. The highest BCUT2D eigenvalue weighted by atomic mass is 32.1. The van der Waals surface area contributed by atoms with Crippen molar-refractivity contribution in [2.75, 3.05) is 16.8 Å². The van der Waals surface area contributed by atoms with E-state index in [0.29, 0.717) is 10.6 Å². The summed E-state index contributed by atoms with van der Waals surface area (Å²) in [4.78, 5) is 15.3. The van der Waals surface area contributed by atoms with Crippen molar-refractivity contribution in [3.63, 3.8) is 0 Å². The first-order valence-corrected chi connectivity index (χ1v) is 11.0. The average molecular weight is 442 g/mol. The standard InChI is InChI=1S/C25H23N5OS/c1-17-7-6-9-19(15-17)24-27-28-25(32)30(24)16-23(31)26-20-10-3-5-12-22(20)29-14-13-18-8-2-4-11-21(18)29/h2-12,15H,13-14,16H2,1H3,(H,26,31)(H,28,32). The molecule has 0 saturated heterocycles. The van der Waals surface area contributed by atoms with Crippen molar-refractivity contribution < 1.29 is 4.79 Å². The Morgan fingerprint density at radius 3 is 2.69 bits per heavy atom. The Balaban J connectivity index is 1.40. The minimum absolute atomic E-state index is 0.0729. The van der Waals surface area contributed by atoms with Crippen molar-refractivity contribution in [3.05, 3.63) is 88.7 Å². The second-order valence-corrected chi connectivity index (χ2v) is 8.29. The van der Waals surface area contributed by atoms with Crippen LogP contribution in [0.5, 0.6) is 0 Å². The topological polar surface area (TPSA) is 66.0 Å². The number of benzene rings is 3. The number of hydrogen-bond acceptors (Lipinski definition) is 4. The zero-order chi connectivity index (χ0) is 22.1. The molecule has 0 saturated carbocycles. The third-order valence-corrected chi connectivity index (χ3v) is 6.00. The minimum Gasteiger partial charge on any atom is -0.339 e. The number of carbonyl (C=O) groups excluding carboxylic acids is 1. The molecule has 0 fully saturated rings. The molecule has 0 aliphatic carbocycles. The number of aryl methyl sites for hydroxylation is 1. The molecule has 1 aliphatic heterocycles. The molecule has 6 nitrogen and oxygen atoms in total. The Morgan fingerprint density at radius 2 is 1.84 bits per heavy atom. The minimum atomic E-state index is -0.156. The summed E-state index contributed by atoms with van der Waals surface area (Å²) in [6.07, 6.45) is 0.989. The molecule has 32 heavy (non-hydrogen) atoms. The highest BCUT2D eigenvalue weighted by Gasteiger charge is 2.22. The number of amides is 1. The average Bonchev–Trinajstić information content (AvgIpc) is 3.38. The van der Waals surface area contributed by atoms with Crippen molar-refractivity contribution in [2.45, 2.75) is 19.9 Å². The van der Waals surface area contributed by atoms with Crippen molar-refractivity contribution >= 4 is 35.2 Å². The van der Waals surface area contributed by atoms with E-state index in [1.165, 1.54) is 11.3 Å². The number of carbonyl (C=O) groups is 1. The van der Waals surface area contributed by atoms with Gasteiger partial charge in [-0.1, -0.05) is 54.1 Å². The van der Waals surface area contributed by atoms with Gasteiger partial charge in [0.15, 0.2) is 10.6 Å². The first kappa shape index (κ1) is 20.2. The van der Waals surface area contributed by atoms with Crippen LogP contribution in [0.2, 0.25) is 0 Å². The van der Waals surface area contributed by atoms with Crippen molar-refractivity contribution in [3.8, 4) is 11.4 Å². The number of aromatic amines is 1. The maximum atomic E-state index is 13.1. The predicted octanol–water partition coefficient (Wildman–Crippen LogP) is 5.25. The number of hydrogen-bond donors (Lipinski definition) is 2. The quantitative estimate of drug-likeness (QED) is 0.415. The molecule has 0 spiro atoms. The van der Waals surface area contributed by atoms with Crippen LogP contribution in [0.4, 0.5) is 17.1 Å². The molecule has 2 N–H and O–H groups in total. The van der Waals surface area contributed by atoms with Crippen molar-refractivity contribution in [1.82, 2.24) is 14.8 Å². The number of para-hydroxylation sites is 3. The van der Waals surface area contributed by atoms with Gasteiger partial charge in [-0.05, 0) is 55.4 Å². The van der Waals surface area contributed by atoms with E-state index in [-0.39, 0.29) is 12.5 Å². The van der Waals surface area contributed by atoms with E-state index in [1.807, 2.05) is 61.5 Å². The molecule has 4 aromatic rings. The second kappa shape index (κ2) is 8.43. The summed E-state index contributed by atoms with van der Waals surface area (Å²) >= 11 is 5.40. The normalized spacial score (nSPS) is 12.6. The number of H-pyrrole nitrogens is 1. The third-order valence-electron chi connectivity index (χ3n) is 5.69. The maximum Gasteiger partial charge on any atom is 0.244 e. The van der Waals surface area contributed by atoms with Gasteiger partial charge in [0.2, 0.25) is 5.91 Å². The fourth-order valence-electron chi connectivity index (χ4n) is 4.21. The zero-order valence-corrected chi connectivity index (χ0v) is 18.5. The molecule has 0 atom stereocenters. The zero-order valence-electron chi connectivity index (χ0n) is 17.7. The van der Waals surface area contributed by atoms with E-state index >= 15 is 0 Å². The molecule has 7 heteroatoms. The van der Waals surface area contributed by atoms with Gasteiger partial charge in [0.25, 0.3) is 0 Å². The lowest BCUT2D eigenvalue weighted by molar-refractivity contribution is -0.116. The van der Waals surface area contributed by atoms with Crippen LogP contribution in [0.15, 0.2) is 72.8 Å². The summed E-state index contributed by atoms with van der Waals surface area (Å²) in [5.41, 5.74) is 6.31. The van der Waals surface area contributed by atoms with Crippen molar-refractivity contribution in [1.29, 1.82) is 0 Å². The molecule has 0 unspecified atom stereocenters. The van der Waals surface area contributed by atoms with Crippen LogP contribution in [0.1, 0.15) is 11.1 Å². The summed E-state index contributed by atoms with van der Waals surface area (Å²) < 4.78 is 2.14. The van der Waals surface area contributed by atoms with Crippen LogP contribution < -0.4 is 10.2 Å². The van der Waals surface area contributed by atoms with E-state index < -0.39 is 0 Å². The monoisotopic (exact) mass is 441 g/mol. The first-order chi connectivity index (χ1) is 15.6. The van der Waals surface area contributed by atoms with Gasteiger partial charge >= 0.3 is 0 Å². The predicted molar refractivity (Wildman–Crippen MR) is 130 cm³/mol. The van der Waals surface area contributed by atoms with E-state index in [2.05, 4.69) is 38.6 Å². The lowest BCUT2D eigenvalue weighted by atomic mass is 10.1. The molecule has 0 bridgehead atoms.